The van der Waals surface area contributed by atoms with E-state index in [9.17, 15) is 4.79 Å². The minimum absolute atomic E-state index is 0.217. The van der Waals surface area contributed by atoms with Crippen molar-refractivity contribution in [1.29, 1.82) is 0 Å². The zero-order chi connectivity index (χ0) is 12.4. The predicted molar refractivity (Wildman–Crippen MR) is 73.1 cm³/mol. The minimum atomic E-state index is 0.217. The Morgan fingerprint density at radius 2 is 1.89 bits per heavy atom. The second-order valence-electron chi connectivity index (χ2n) is 4.98. The molecular formula is C16H17NO. The summed E-state index contributed by atoms with van der Waals surface area (Å²) < 4.78 is 0. The van der Waals surface area contributed by atoms with E-state index in [1.165, 1.54) is 22.8 Å². The van der Waals surface area contributed by atoms with Gasteiger partial charge in [0.1, 0.15) is 0 Å². The first-order valence-electron chi connectivity index (χ1n) is 6.59. The third-order valence-electron chi connectivity index (χ3n) is 3.81. The van der Waals surface area contributed by atoms with Gasteiger partial charge in [0.05, 0.1) is 0 Å². The van der Waals surface area contributed by atoms with Crippen LogP contribution in [0.3, 0.4) is 0 Å². The average molecular weight is 239 g/mol. The van der Waals surface area contributed by atoms with Gasteiger partial charge in [0.15, 0.2) is 0 Å². The molecule has 2 nitrogen and oxygen atoms in total. The fraction of sp³-hybridized carbons (Fsp3) is 0.312. The van der Waals surface area contributed by atoms with Crippen molar-refractivity contribution in [1.82, 2.24) is 5.32 Å². The van der Waals surface area contributed by atoms with E-state index in [1.807, 2.05) is 18.2 Å². The third kappa shape index (κ3) is 2.10. The van der Waals surface area contributed by atoms with Crippen LogP contribution in [0, 0.1) is 5.92 Å². The van der Waals surface area contributed by atoms with E-state index in [2.05, 4.69) is 29.6 Å². The van der Waals surface area contributed by atoms with Gasteiger partial charge in [-0.1, -0.05) is 48.9 Å². The number of carbonyl (C=O) groups is 1. The number of hydrogen-bond acceptors (Lipinski definition) is 1. The lowest BCUT2D eigenvalue weighted by molar-refractivity contribution is -0.127. The number of nitrogens with one attached hydrogen (secondary N) is 1. The molecule has 0 aliphatic heterocycles. The highest BCUT2D eigenvalue weighted by molar-refractivity contribution is 5.86. The molecule has 1 fully saturated rings. The second kappa shape index (κ2) is 4.81. The summed E-state index contributed by atoms with van der Waals surface area (Å²) in [4.78, 5) is 11.8. The predicted octanol–water partition coefficient (Wildman–Crippen LogP) is 3.26. The Kier molecular flexibility index (Phi) is 3.01. The molecule has 1 N–H and O–H groups in total. The van der Waals surface area contributed by atoms with Crippen LogP contribution in [0.15, 0.2) is 42.5 Å². The highest BCUT2D eigenvalue weighted by Crippen LogP contribution is 2.26. The van der Waals surface area contributed by atoms with Crippen molar-refractivity contribution in [3.05, 3.63) is 48.0 Å². The van der Waals surface area contributed by atoms with Gasteiger partial charge in [-0.3, -0.25) is 4.79 Å². The second-order valence-corrected chi connectivity index (χ2v) is 4.98. The smallest absolute Gasteiger partial charge is 0.223 e. The molecule has 18 heavy (non-hydrogen) atoms. The van der Waals surface area contributed by atoms with Crippen molar-refractivity contribution in [3.63, 3.8) is 0 Å². The maximum atomic E-state index is 11.8. The maximum Gasteiger partial charge on any atom is 0.223 e. The zero-order valence-electron chi connectivity index (χ0n) is 10.4. The average Bonchev–Trinajstić information content (AvgIpc) is 2.34. The summed E-state index contributed by atoms with van der Waals surface area (Å²) >= 11 is 0. The Hall–Kier alpha value is -1.83. The Bertz CT molecular complexity index is 567. The largest absolute Gasteiger partial charge is 0.352 e. The molecule has 1 amide bonds. The van der Waals surface area contributed by atoms with E-state index < -0.39 is 0 Å². The molecule has 1 aliphatic carbocycles. The highest BCUT2D eigenvalue weighted by Gasteiger charge is 2.24. The normalized spacial score (nSPS) is 15.3. The molecule has 0 radical (unpaired) electrons. The van der Waals surface area contributed by atoms with Crippen LogP contribution in [0.5, 0.6) is 0 Å². The van der Waals surface area contributed by atoms with Gasteiger partial charge in [0.25, 0.3) is 0 Å². The quantitative estimate of drug-likeness (QED) is 0.875. The summed E-state index contributed by atoms with van der Waals surface area (Å²) in [6, 6.07) is 14.5. The molecule has 3 rings (SSSR count). The molecule has 1 saturated carbocycles. The highest BCUT2D eigenvalue weighted by atomic mass is 16.1. The van der Waals surface area contributed by atoms with Gasteiger partial charge in [-0.05, 0) is 29.2 Å². The number of amides is 1. The van der Waals surface area contributed by atoms with Crippen LogP contribution in [0.25, 0.3) is 10.8 Å². The molecule has 0 atom stereocenters. The van der Waals surface area contributed by atoms with Crippen LogP contribution in [0.2, 0.25) is 0 Å². The molecule has 0 bridgehead atoms. The van der Waals surface area contributed by atoms with Crippen LogP contribution < -0.4 is 5.32 Å². The monoisotopic (exact) mass is 239 g/mol. The minimum Gasteiger partial charge on any atom is -0.352 e. The van der Waals surface area contributed by atoms with Crippen LogP contribution in [0.1, 0.15) is 24.8 Å². The van der Waals surface area contributed by atoms with Gasteiger partial charge in [-0.25, -0.2) is 0 Å². The lowest BCUT2D eigenvalue weighted by Crippen LogP contribution is -2.33. The molecule has 0 spiro atoms. The molecule has 0 saturated heterocycles. The van der Waals surface area contributed by atoms with Crippen molar-refractivity contribution in [2.75, 3.05) is 0 Å². The number of fused-ring (bicyclic) bond motifs is 1. The molecule has 92 valence electrons. The van der Waals surface area contributed by atoms with Crippen molar-refractivity contribution in [2.45, 2.75) is 25.8 Å². The lowest BCUT2D eigenvalue weighted by Gasteiger charge is -2.24. The molecule has 0 aromatic heterocycles. The van der Waals surface area contributed by atoms with Crippen LogP contribution >= 0.6 is 0 Å². The molecule has 2 aromatic rings. The van der Waals surface area contributed by atoms with Crippen LogP contribution in [-0.2, 0) is 11.3 Å². The number of rotatable bonds is 3. The SMILES string of the molecule is O=C(NCc1cccc2ccccc12)C1CCC1. The number of hydrogen-bond donors (Lipinski definition) is 1. The molecule has 1 aliphatic rings. The van der Waals surface area contributed by atoms with Gasteiger partial charge in [-0.2, -0.15) is 0 Å². The van der Waals surface area contributed by atoms with E-state index in [4.69, 9.17) is 0 Å². The Morgan fingerprint density at radius 3 is 2.67 bits per heavy atom. The van der Waals surface area contributed by atoms with E-state index in [0.717, 1.165) is 12.8 Å². The summed E-state index contributed by atoms with van der Waals surface area (Å²) in [5, 5.41) is 5.51. The first-order valence-corrected chi connectivity index (χ1v) is 6.59. The fourth-order valence-corrected chi connectivity index (χ4v) is 2.44. The molecule has 2 aromatic carbocycles. The summed E-state index contributed by atoms with van der Waals surface area (Å²) in [5.74, 6) is 0.481. The van der Waals surface area contributed by atoms with Crippen LogP contribution in [-0.4, -0.2) is 5.91 Å². The van der Waals surface area contributed by atoms with Crippen molar-refractivity contribution < 1.29 is 4.79 Å². The lowest BCUT2D eigenvalue weighted by atomic mass is 9.85. The Balaban J connectivity index is 1.76. The van der Waals surface area contributed by atoms with Gasteiger partial charge in [-0.15, -0.1) is 0 Å². The van der Waals surface area contributed by atoms with Gasteiger partial charge in [0, 0.05) is 12.5 Å². The molecular weight excluding hydrogens is 222 g/mol. The summed E-state index contributed by atoms with van der Waals surface area (Å²) in [6.07, 6.45) is 3.31. The summed E-state index contributed by atoms with van der Waals surface area (Å²) in [7, 11) is 0. The Morgan fingerprint density at radius 1 is 1.11 bits per heavy atom. The molecule has 0 heterocycles. The third-order valence-corrected chi connectivity index (χ3v) is 3.81. The van der Waals surface area contributed by atoms with Gasteiger partial charge < -0.3 is 5.32 Å². The standard InChI is InChI=1S/C16H17NO/c18-16(13-7-4-8-13)17-11-14-9-3-6-12-5-1-2-10-15(12)14/h1-3,5-6,9-10,13H,4,7-8,11H2,(H,17,18). The van der Waals surface area contributed by atoms with Crippen molar-refractivity contribution >= 4 is 16.7 Å². The van der Waals surface area contributed by atoms with E-state index in [1.54, 1.807) is 0 Å². The first-order chi connectivity index (χ1) is 8.84. The topological polar surface area (TPSA) is 29.1 Å². The first kappa shape index (κ1) is 11.3. The van der Waals surface area contributed by atoms with Crippen LogP contribution in [0.4, 0.5) is 0 Å². The van der Waals surface area contributed by atoms with Crippen molar-refractivity contribution in [3.8, 4) is 0 Å². The summed E-state index contributed by atoms with van der Waals surface area (Å²) in [6.45, 7) is 0.636. The van der Waals surface area contributed by atoms with E-state index >= 15 is 0 Å². The number of benzene rings is 2. The maximum absolute atomic E-state index is 11.8. The molecule has 0 unspecified atom stereocenters. The van der Waals surface area contributed by atoms with Crippen molar-refractivity contribution in [2.24, 2.45) is 5.92 Å². The summed E-state index contributed by atoms with van der Waals surface area (Å²) in [5.41, 5.74) is 1.20. The Labute approximate surface area is 107 Å². The number of carbonyl (C=O) groups excluding carboxylic acids is 1. The van der Waals surface area contributed by atoms with E-state index in [-0.39, 0.29) is 11.8 Å². The fourth-order valence-electron chi connectivity index (χ4n) is 2.44. The van der Waals surface area contributed by atoms with Gasteiger partial charge >= 0.3 is 0 Å². The molecule has 2 heteroatoms. The van der Waals surface area contributed by atoms with E-state index in [0.29, 0.717) is 6.54 Å². The zero-order valence-corrected chi connectivity index (χ0v) is 10.4. The van der Waals surface area contributed by atoms with Gasteiger partial charge in [0.2, 0.25) is 5.91 Å².